The van der Waals surface area contributed by atoms with Crippen molar-refractivity contribution in [3.05, 3.63) is 54.0 Å². The molecule has 0 radical (unpaired) electrons. The van der Waals surface area contributed by atoms with Crippen LogP contribution in [0.4, 0.5) is 5.69 Å². The third-order valence-electron chi connectivity index (χ3n) is 3.38. The number of hydrogen-bond acceptors (Lipinski definition) is 4. The normalized spacial score (nSPS) is 11.9. The molecule has 0 bridgehead atoms. The van der Waals surface area contributed by atoms with E-state index in [-0.39, 0.29) is 18.6 Å². The van der Waals surface area contributed by atoms with Gasteiger partial charge < -0.3 is 20.2 Å². The highest BCUT2D eigenvalue weighted by molar-refractivity contribution is 5.99. The molecule has 1 heterocycles. The molecule has 5 heteroatoms. The minimum absolute atomic E-state index is 0.0257. The molecule has 22 heavy (non-hydrogen) atoms. The summed E-state index contributed by atoms with van der Waals surface area (Å²) in [4.78, 5) is 12.4. The summed E-state index contributed by atoms with van der Waals surface area (Å²) in [5, 5.41) is 15.0. The van der Waals surface area contributed by atoms with Gasteiger partial charge in [0.05, 0.1) is 18.4 Å². The number of aliphatic hydroxyl groups is 1. The Labute approximate surface area is 130 Å². The Morgan fingerprint density at radius 1 is 1.27 bits per heavy atom. The first-order valence-electron chi connectivity index (χ1n) is 7.47. The fourth-order valence-electron chi connectivity index (χ4n) is 2.20. The molecule has 2 aromatic rings. The minimum atomic E-state index is -0.118. The van der Waals surface area contributed by atoms with E-state index >= 15 is 0 Å². The highest BCUT2D eigenvalue weighted by Crippen LogP contribution is 2.16. The Balaban J connectivity index is 1.99. The van der Waals surface area contributed by atoms with Crippen LogP contribution in [0.1, 0.15) is 35.9 Å². The number of amides is 1. The number of aliphatic hydroxyl groups excluding tert-OH is 1. The van der Waals surface area contributed by atoms with Crippen molar-refractivity contribution in [1.82, 2.24) is 5.32 Å². The van der Waals surface area contributed by atoms with E-state index in [4.69, 9.17) is 9.52 Å². The lowest BCUT2D eigenvalue weighted by Crippen LogP contribution is -2.33. The van der Waals surface area contributed by atoms with E-state index in [9.17, 15) is 4.79 Å². The quantitative estimate of drug-likeness (QED) is 0.701. The van der Waals surface area contributed by atoms with Crippen LogP contribution >= 0.6 is 0 Å². The van der Waals surface area contributed by atoms with Crippen LogP contribution in [0.25, 0.3) is 0 Å². The number of carbonyl (C=O) groups is 1. The second-order valence-electron chi connectivity index (χ2n) is 5.22. The Hall–Kier alpha value is -2.27. The molecule has 0 saturated carbocycles. The van der Waals surface area contributed by atoms with Gasteiger partial charge in [0.1, 0.15) is 5.76 Å². The van der Waals surface area contributed by atoms with Crippen molar-refractivity contribution in [2.75, 3.05) is 11.9 Å². The van der Waals surface area contributed by atoms with Crippen LogP contribution in [0.5, 0.6) is 0 Å². The third-order valence-corrected chi connectivity index (χ3v) is 3.38. The smallest absolute Gasteiger partial charge is 0.253 e. The number of furan rings is 1. The van der Waals surface area contributed by atoms with Crippen molar-refractivity contribution in [3.63, 3.8) is 0 Å². The predicted octanol–water partition coefficient (Wildman–Crippen LogP) is 2.78. The van der Waals surface area contributed by atoms with Gasteiger partial charge in [0.25, 0.3) is 5.91 Å². The van der Waals surface area contributed by atoms with E-state index in [1.165, 1.54) is 0 Å². The topological polar surface area (TPSA) is 74.5 Å². The summed E-state index contributed by atoms with van der Waals surface area (Å²) >= 11 is 0. The molecule has 0 aliphatic heterocycles. The third kappa shape index (κ3) is 4.63. The van der Waals surface area contributed by atoms with Gasteiger partial charge in [-0.3, -0.25) is 4.79 Å². The van der Waals surface area contributed by atoms with Crippen molar-refractivity contribution < 1.29 is 14.3 Å². The molecule has 1 amide bonds. The average Bonchev–Trinajstić information content (AvgIpc) is 3.04. The number of rotatable bonds is 8. The largest absolute Gasteiger partial charge is 0.467 e. The van der Waals surface area contributed by atoms with Gasteiger partial charge in [-0.05, 0) is 44.0 Å². The molecule has 118 valence electrons. The Bertz CT molecular complexity index is 581. The molecular weight excluding hydrogens is 280 g/mol. The number of anilines is 1. The minimum Gasteiger partial charge on any atom is -0.467 e. The molecule has 2 rings (SSSR count). The molecule has 0 fully saturated rings. The number of nitrogens with one attached hydrogen (secondary N) is 2. The van der Waals surface area contributed by atoms with Gasteiger partial charge in [-0.15, -0.1) is 0 Å². The highest BCUT2D eigenvalue weighted by atomic mass is 16.3. The molecule has 5 nitrogen and oxygen atoms in total. The second-order valence-corrected chi connectivity index (χ2v) is 5.22. The standard InChI is InChI=1S/C17H22N2O3/c1-13(6-4-10-20)19-17(21)15-8-2-3-9-16(15)18-12-14-7-5-11-22-14/h2-3,5,7-9,11,13,18,20H,4,6,10,12H2,1H3,(H,19,21). The van der Waals surface area contributed by atoms with Crippen LogP contribution in [0.2, 0.25) is 0 Å². The van der Waals surface area contributed by atoms with Gasteiger partial charge >= 0.3 is 0 Å². The van der Waals surface area contributed by atoms with Crippen LogP contribution in [-0.2, 0) is 6.54 Å². The van der Waals surface area contributed by atoms with Gasteiger partial charge in [0.2, 0.25) is 0 Å². The lowest BCUT2D eigenvalue weighted by atomic mass is 10.1. The number of carbonyl (C=O) groups excluding carboxylic acids is 1. The summed E-state index contributed by atoms with van der Waals surface area (Å²) in [5.41, 5.74) is 1.37. The van der Waals surface area contributed by atoms with Crippen LogP contribution in [0.15, 0.2) is 47.1 Å². The molecular formula is C17H22N2O3. The van der Waals surface area contributed by atoms with Crippen molar-refractivity contribution in [1.29, 1.82) is 0 Å². The first-order chi connectivity index (χ1) is 10.7. The average molecular weight is 302 g/mol. The predicted molar refractivity (Wildman–Crippen MR) is 85.7 cm³/mol. The monoisotopic (exact) mass is 302 g/mol. The van der Waals surface area contributed by atoms with Crippen LogP contribution in [0.3, 0.4) is 0 Å². The molecule has 1 atom stereocenters. The maximum absolute atomic E-state index is 12.4. The van der Waals surface area contributed by atoms with Gasteiger partial charge in [0, 0.05) is 18.3 Å². The van der Waals surface area contributed by atoms with E-state index in [2.05, 4.69) is 10.6 Å². The molecule has 0 aliphatic rings. The summed E-state index contributed by atoms with van der Waals surface area (Å²) in [7, 11) is 0. The summed E-state index contributed by atoms with van der Waals surface area (Å²) in [6, 6.07) is 11.1. The lowest BCUT2D eigenvalue weighted by molar-refractivity contribution is 0.0937. The van der Waals surface area contributed by atoms with E-state index in [0.717, 1.165) is 17.9 Å². The van der Waals surface area contributed by atoms with Crippen molar-refractivity contribution in [2.45, 2.75) is 32.4 Å². The lowest BCUT2D eigenvalue weighted by Gasteiger charge is -2.15. The van der Waals surface area contributed by atoms with Gasteiger partial charge in [-0.2, -0.15) is 0 Å². The fraction of sp³-hybridized carbons (Fsp3) is 0.353. The van der Waals surface area contributed by atoms with E-state index in [1.807, 2.05) is 37.3 Å². The highest BCUT2D eigenvalue weighted by Gasteiger charge is 2.13. The first-order valence-corrected chi connectivity index (χ1v) is 7.47. The molecule has 1 unspecified atom stereocenters. The number of benzene rings is 1. The summed E-state index contributed by atoms with van der Waals surface area (Å²) in [6.45, 7) is 2.60. The maximum atomic E-state index is 12.4. The Kier molecular flexibility index (Phi) is 6.03. The van der Waals surface area contributed by atoms with Gasteiger partial charge in [-0.1, -0.05) is 12.1 Å². The van der Waals surface area contributed by atoms with Crippen molar-refractivity contribution >= 4 is 11.6 Å². The van der Waals surface area contributed by atoms with Crippen LogP contribution in [-0.4, -0.2) is 23.7 Å². The number of para-hydroxylation sites is 1. The Morgan fingerprint density at radius 2 is 2.09 bits per heavy atom. The second kappa shape index (κ2) is 8.24. The molecule has 1 aromatic heterocycles. The van der Waals surface area contributed by atoms with E-state index in [0.29, 0.717) is 18.5 Å². The zero-order valence-electron chi connectivity index (χ0n) is 12.7. The number of hydrogen-bond donors (Lipinski definition) is 3. The van der Waals surface area contributed by atoms with E-state index in [1.54, 1.807) is 12.3 Å². The molecule has 0 spiro atoms. The van der Waals surface area contributed by atoms with Crippen LogP contribution in [0, 0.1) is 0 Å². The summed E-state index contributed by atoms with van der Waals surface area (Å²) in [5.74, 6) is 0.694. The molecule has 3 N–H and O–H groups in total. The van der Waals surface area contributed by atoms with Gasteiger partial charge in [-0.25, -0.2) is 0 Å². The van der Waals surface area contributed by atoms with Crippen molar-refractivity contribution in [2.24, 2.45) is 0 Å². The maximum Gasteiger partial charge on any atom is 0.253 e. The summed E-state index contributed by atoms with van der Waals surface area (Å²) in [6.07, 6.45) is 3.06. The molecule has 0 aliphatic carbocycles. The first kappa shape index (κ1) is 16.1. The molecule has 1 aromatic carbocycles. The fourth-order valence-corrected chi connectivity index (χ4v) is 2.20. The van der Waals surface area contributed by atoms with Crippen molar-refractivity contribution in [3.8, 4) is 0 Å². The Morgan fingerprint density at radius 3 is 2.82 bits per heavy atom. The molecule has 0 saturated heterocycles. The summed E-state index contributed by atoms with van der Waals surface area (Å²) < 4.78 is 5.28. The van der Waals surface area contributed by atoms with E-state index < -0.39 is 0 Å². The SMILES string of the molecule is CC(CCCO)NC(=O)c1ccccc1NCc1ccco1. The van der Waals surface area contributed by atoms with Gasteiger partial charge in [0.15, 0.2) is 0 Å². The van der Waals surface area contributed by atoms with Crippen LogP contribution < -0.4 is 10.6 Å². The zero-order chi connectivity index (χ0) is 15.8. The zero-order valence-corrected chi connectivity index (χ0v) is 12.7.